The van der Waals surface area contributed by atoms with Gasteiger partial charge in [-0.2, -0.15) is 0 Å². The Hall–Kier alpha value is -2.90. The van der Waals surface area contributed by atoms with Crippen LogP contribution in [0.1, 0.15) is 32.7 Å². The number of nitrogens with two attached hydrogens (primary N) is 1. The summed E-state index contributed by atoms with van der Waals surface area (Å²) < 4.78 is 0. The lowest BCUT2D eigenvalue weighted by Crippen LogP contribution is -2.30. The van der Waals surface area contributed by atoms with E-state index in [-0.39, 0.29) is 36.4 Å². The maximum absolute atomic E-state index is 11.6. The van der Waals surface area contributed by atoms with E-state index < -0.39 is 23.9 Å². The van der Waals surface area contributed by atoms with Crippen LogP contribution in [0, 0.1) is 0 Å². The summed E-state index contributed by atoms with van der Waals surface area (Å²) in [5.41, 5.74) is 6.64. The number of carboxylic acid groups (broad SMARTS) is 3. The molecule has 5 N–H and O–H groups in total. The van der Waals surface area contributed by atoms with Crippen molar-refractivity contribution in [2.75, 3.05) is 0 Å². The van der Waals surface area contributed by atoms with Gasteiger partial charge in [0.05, 0.1) is 11.1 Å². The molecule has 8 heteroatoms. The number of halogens is 1. The van der Waals surface area contributed by atoms with Crippen LogP contribution >= 0.6 is 12.4 Å². The van der Waals surface area contributed by atoms with Crippen LogP contribution < -0.4 is 5.73 Å². The van der Waals surface area contributed by atoms with Crippen LogP contribution in [0.25, 0.3) is 11.1 Å². The van der Waals surface area contributed by atoms with Gasteiger partial charge in [-0.25, -0.2) is 9.59 Å². The molecule has 138 valence electrons. The van der Waals surface area contributed by atoms with Gasteiger partial charge in [0.2, 0.25) is 0 Å². The zero-order chi connectivity index (χ0) is 18.6. The number of hydrogen-bond acceptors (Lipinski definition) is 4. The molecule has 26 heavy (non-hydrogen) atoms. The lowest BCUT2D eigenvalue weighted by atomic mass is 9.89. The highest BCUT2D eigenvalue weighted by Gasteiger charge is 2.21. The molecule has 0 aliphatic carbocycles. The minimum atomic E-state index is -1.28. The molecule has 0 amide bonds. The molecular formula is C18H18ClNO6. The van der Waals surface area contributed by atoms with Crippen molar-refractivity contribution in [3.05, 3.63) is 59.2 Å². The topological polar surface area (TPSA) is 138 Å². The molecule has 0 fully saturated rings. The third kappa shape index (κ3) is 4.81. The average Bonchev–Trinajstić information content (AvgIpc) is 2.59. The quantitative estimate of drug-likeness (QED) is 0.579. The number of hydrogen-bond donors (Lipinski definition) is 4. The molecule has 0 aliphatic heterocycles. The van der Waals surface area contributed by atoms with Crippen LogP contribution in [0.15, 0.2) is 42.5 Å². The van der Waals surface area contributed by atoms with Crippen molar-refractivity contribution >= 4 is 30.3 Å². The standard InChI is InChI=1S/C18H17NO6.ClH/c19-15(18(24)25)7-6-12-13(10-4-2-1-3-5-10)8-11(16(20)21)9-14(12)17(22)23;/h1-5,8-9,15H,6-7,19H2,(H,20,21)(H,22,23)(H,24,25);1H. The molecular weight excluding hydrogens is 362 g/mol. The van der Waals surface area contributed by atoms with E-state index in [4.69, 9.17) is 10.8 Å². The fourth-order valence-electron chi connectivity index (χ4n) is 2.55. The number of aromatic carboxylic acids is 2. The number of aliphatic carboxylic acids is 1. The first kappa shape index (κ1) is 21.1. The van der Waals surface area contributed by atoms with Crippen LogP contribution in [0.2, 0.25) is 0 Å². The predicted molar refractivity (Wildman–Crippen MR) is 97.0 cm³/mol. The van der Waals surface area contributed by atoms with E-state index in [0.29, 0.717) is 16.7 Å². The molecule has 1 unspecified atom stereocenters. The van der Waals surface area contributed by atoms with Gasteiger partial charge in [0, 0.05) is 0 Å². The van der Waals surface area contributed by atoms with Crippen molar-refractivity contribution in [2.24, 2.45) is 5.73 Å². The Balaban J connectivity index is 0.00000338. The number of benzene rings is 2. The van der Waals surface area contributed by atoms with E-state index in [1.165, 1.54) is 6.07 Å². The fraction of sp³-hybridized carbons (Fsp3) is 0.167. The molecule has 0 bridgehead atoms. The number of carboxylic acids is 3. The SMILES string of the molecule is Cl.NC(CCc1c(C(=O)O)cc(C(=O)O)cc1-c1ccccc1)C(=O)O. The second-order valence-corrected chi connectivity index (χ2v) is 5.51. The van der Waals surface area contributed by atoms with Crippen molar-refractivity contribution in [2.45, 2.75) is 18.9 Å². The van der Waals surface area contributed by atoms with Crippen molar-refractivity contribution in [1.29, 1.82) is 0 Å². The van der Waals surface area contributed by atoms with E-state index in [9.17, 15) is 24.6 Å². The Morgan fingerprint density at radius 1 is 0.962 bits per heavy atom. The summed E-state index contributed by atoms with van der Waals surface area (Å²) in [7, 11) is 0. The first-order valence-electron chi connectivity index (χ1n) is 7.48. The Bertz CT molecular complexity index is 822. The van der Waals surface area contributed by atoms with Gasteiger partial charge in [0.1, 0.15) is 6.04 Å². The summed E-state index contributed by atoms with van der Waals surface area (Å²) >= 11 is 0. The maximum atomic E-state index is 11.6. The summed E-state index contributed by atoms with van der Waals surface area (Å²) in [6.45, 7) is 0. The van der Waals surface area contributed by atoms with E-state index >= 15 is 0 Å². The third-order valence-electron chi connectivity index (χ3n) is 3.83. The van der Waals surface area contributed by atoms with E-state index in [2.05, 4.69) is 0 Å². The highest BCUT2D eigenvalue weighted by atomic mass is 35.5. The van der Waals surface area contributed by atoms with E-state index in [0.717, 1.165) is 6.07 Å². The molecule has 0 spiro atoms. The van der Waals surface area contributed by atoms with Gasteiger partial charge < -0.3 is 21.1 Å². The van der Waals surface area contributed by atoms with Crippen LogP contribution in [0.4, 0.5) is 0 Å². The first-order valence-corrected chi connectivity index (χ1v) is 7.48. The summed E-state index contributed by atoms with van der Waals surface area (Å²) in [4.78, 5) is 33.9. The molecule has 0 heterocycles. The van der Waals surface area contributed by atoms with Gasteiger partial charge in [-0.15, -0.1) is 12.4 Å². The molecule has 0 saturated heterocycles. The molecule has 2 aromatic rings. The smallest absolute Gasteiger partial charge is 0.336 e. The zero-order valence-electron chi connectivity index (χ0n) is 13.6. The molecule has 0 aliphatic rings. The number of rotatable bonds is 7. The predicted octanol–water partition coefficient (Wildman–Crippen LogP) is 2.52. The molecule has 2 rings (SSSR count). The van der Waals surface area contributed by atoms with Gasteiger partial charge in [-0.05, 0) is 41.7 Å². The second kappa shape index (κ2) is 8.98. The highest BCUT2D eigenvalue weighted by Crippen LogP contribution is 2.30. The van der Waals surface area contributed by atoms with Gasteiger partial charge >= 0.3 is 17.9 Å². The van der Waals surface area contributed by atoms with E-state index in [1.54, 1.807) is 30.3 Å². The normalized spacial score (nSPS) is 11.3. The minimum absolute atomic E-state index is 0. The van der Waals surface area contributed by atoms with Crippen molar-refractivity contribution in [1.82, 2.24) is 0 Å². The maximum Gasteiger partial charge on any atom is 0.336 e. The Morgan fingerprint density at radius 3 is 2.08 bits per heavy atom. The largest absolute Gasteiger partial charge is 0.480 e. The van der Waals surface area contributed by atoms with Crippen molar-refractivity contribution < 1.29 is 29.7 Å². The van der Waals surface area contributed by atoms with Crippen LogP contribution in [-0.4, -0.2) is 39.3 Å². The summed E-state index contributed by atoms with van der Waals surface area (Å²) in [6, 6.07) is 10.1. The van der Waals surface area contributed by atoms with Crippen molar-refractivity contribution in [3.8, 4) is 11.1 Å². The molecule has 2 aromatic carbocycles. The van der Waals surface area contributed by atoms with E-state index in [1.807, 2.05) is 0 Å². The Kier molecular flexibility index (Phi) is 7.30. The van der Waals surface area contributed by atoms with Crippen LogP contribution in [-0.2, 0) is 11.2 Å². The van der Waals surface area contributed by atoms with Gasteiger partial charge in [0.15, 0.2) is 0 Å². The van der Waals surface area contributed by atoms with Gasteiger partial charge in [-0.3, -0.25) is 4.79 Å². The average molecular weight is 380 g/mol. The van der Waals surface area contributed by atoms with Gasteiger partial charge in [0.25, 0.3) is 0 Å². The number of carbonyl (C=O) groups is 3. The summed E-state index contributed by atoms with van der Waals surface area (Å²) in [5.74, 6) is -3.70. The molecule has 0 saturated carbocycles. The minimum Gasteiger partial charge on any atom is -0.480 e. The lowest BCUT2D eigenvalue weighted by Gasteiger charge is -2.16. The zero-order valence-corrected chi connectivity index (χ0v) is 14.4. The Morgan fingerprint density at radius 2 is 1.58 bits per heavy atom. The third-order valence-corrected chi connectivity index (χ3v) is 3.83. The molecule has 1 atom stereocenters. The first-order chi connectivity index (χ1) is 11.8. The molecule has 0 aromatic heterocycles. The summed E-state index contributed by atoms with van der Waals surface area (Å²) in [5, 5.41) is 27.7. The van der Waals surface area contributed by atoms with Crippen LogP contribution in [0.5, 0.6) is 0 Å². The Labute approximate surface area is 155 Å². The van der Waals surface area contributed by atoms with Gasteiger partial charge in [-0.1, -0.05) is 30.3 Å². The highest BCUT2D eigenvalue weighted by molar-refractivity contribution is 5.98. The second-order valence-electron chi connectivity index (χ2n) is 5.51. The molecule has 7 nitrogen and oxygen atoms in total. The summed E-state index contributed by atoms with van der Waals surface area (Å²) in [6.07, 6.45) is 0.126. The van der Waals surface area contributed by atoms with Crippen LogP contribution in [0.3, 0.4) is 0 Å². The van der Waals surface area contributed by atoms with Crippen molar-refractivity contribution in [3.63, 3.8) is 0 Å². The lowest BCUT2D eigenvalue weighted by molar-refractivity contribution is -0.138. The molecule has 0 radical (unpaired) electrons. The monoisotopic (exact) mass is 379 g/mol. The fourth-order valence-corrected chi connectivity index (χ4v) is 2.55.